The summed E-state index contributed by atoms with van der Waals surface area (Å²) < 4.78 is 13.2. The number of carbonyl (C=O) groups is 2. The van der Waals surface area contributed by atoms with Gasteiger partial charge in [-0.1, -0.05) is 12.1 Å². The van der Waals surface area contributed by atoms with E-state index in [1.165, 1.54) is 18.2 Å². The Bertz CT molecular complexity index is 681. The summed E-state index contributed by atoms with van der Waals surface area (Å²) in [6.45, 7) is 1.60. The third-order valence-corrected chi connectivity index (χ3v) is 3.01. The van der Waals surface area contributed by atoms with Gasteiger partial charge in [0.05, 0.1) is 6.42 Å². The van der Waals surface area contributed by atoms with Crippen LogP contribution in [-0.2, 0) is 11.2 Å². The maximum atomic E-state index is 13.2. The van der Waals surface area contributed by atoms with E-state index in [2.05, 4.69) is 5.32 Å². The number of primary amides is 1. The molecule has 0 spiro atoms. The number of carbonyl (C=O) groups excluding carboxylic acids is 2. The fourth-order valence-electron chi connectivity index (χ4n) is 1.90. The van der Waals surface area contributed by atoms with Crippen LogP contribution >= 0.6 is 0 Å². The molecule has 0 saturated heterocycles. The maximum absolute atomic E-state index is 13.2. The molecule has 0 aromatic heterocycles. The van der Waals surface area contributed by atoms with E-state index in [1.807, 2.05) is 0 Å². The zero-order valence-corrected chi connectivity index (χ0v) is 11.5. The van der Waals surface area contributed by atoms with Crippen molar-refractivity contribution in [1.29, 1.82) is 0 Å². The van der Waals surface area contributed by atoms with E-state index in [1.54, 1.807) is 31.2 Å². The number of halogens is 1. The lowest BCUT2D eigenvalue weighted by atomic mass is 10.1. The molecule has 0 unspecified atom stereocenters. The molecule has 5 heteroatoms. The van der Waals surface area contributed by atoms with Crippen LogP contribution in [-0.4, -0.2) is 11.8 Å². The van der Waals surface area contributed by atoms with E-state index in [0.717, 1.165) is 5.56 Å². The first kappa shape index (κ1) is 14.7. The predicted octanol–water partition coefficient (Wildman–Crippen LogP) is 2.41. The Balaban J connectivity index is 2.08. The van der Waals surface area contributed by atoms with E-state index < -0.39 is 5.91 Å². The number of rotatable bonds is 4. The predicted molar refractivity (Wildman–Crippen MR) is 78.4 cm³/mol. The molecule has 0 saturated carbocycles. The van der Waals surface area contributed by atoms with Crippen LogP contribution in [0.4, 0.5) is 10.1 Å². The Morgan fingerprint density at radius 1 is 1.14 bits per heavy atom. The molecule has 0 radical (unpaired) electrons. The molecular weight excluding hydrogens is 271 g/mol. The van der Waals surface area contributed by atoms with Gasteiger partial charge in [-0.05, 0) is 48.4 Å². The summed E-state index contributed by atoms with van der Waals surface area (Å²) in [7, 11) is 0. The van der Waals surface area contributed by atoms with Crippen molar-refractivity contribution in [3.05, 3.63) is 65.0 Å². The van der Waals surface area contributed by atoms with E-state index in [9.17, 15) is 14.0 Å². The van der Waals surface area contributed by atoms with Gasteiger partial charge in [0.1, 0.15) is 5.82 Å². The highest BCUT2D eigenvalue weighted by Crippen LogP contribution is 2.14. The number of anilines is 1. The summed E-state index contributed by atoms with van der Waals surface area (Å²) >= 11 is 0. The first-order valence-corrected chi connectivity index (χ1v) is 6.40. The summed E-state index contributed by atoms with van der Waals surface area (Å²) in [6.07, 6.45) is 0.158. The second-order valence-electron chi connectivity index (χ2n) is 4.76. The highest BCUT2D eigenvalue weighted by atomic mass is 19.1. The number of nitrogens with two attached hydrogens (primary N) is 1. The molecule has 4 nitrogen and oxygen atoms in total. The molecule has 21 heavy (non-hydrogen) atoms. The second-order valence-corrected chi connectivity index (χ2v) is 4.76. The average Bonchev–Trinajstić information content (AvgIpc) is 2.43. The molecule has 0 aliphatic carbocycles. The maximum Gasteiger partial charge on any atom is 0.255 e. The lowest BCUT2D eigenvalue weighted by molar-refractivity contribution is -0.117. The Labute approximate surface area is 121 Å². The van der Waals surface area contributed by atoms with Crippen LogP contribution in [0.15, 0.2) is 42.5 Å². The van der Waals surface area contributed by atoms with E-state index >= 15 is 0 Å². The van der Waals surface area contributed by atoms with E-state index in [-0.39, 0.29) is 18.1 Å². The lowest BCUT2D eigenvalue weighted by Crippen LogP contribution is -2.14. The number of hydrogen-bond donors (Lipinski definition) is 2. The van der Waals surface area contributed by atoms with Gasteiger partial charge < -0.3 is 11.1 Å². The third kappa shape index (κ3) is 3.89. The highest BCUT2D eigenvalue weighted by molar-refractivity contribution is 6.04. The van der Waals surface area contributed by atoms with Crippen LogP contribution in [0.1, 0.15) is 21.5 Å². The van der Waals surface area contributed by atoms with Gasteiger partial charge in [0.15, 0.2) is 0 Å². The minimum absolute atomic E-state index is 0.158. The molecule has 2 aromatic rings. The molecule has 0 heterocycles. The zero-order chi connectivity index (χ0) is 15.4. The van der Waals surface area contributed by atoms with Crippen molar-refractivity contribution in [3.63, 3.8) is 0 Å². The second kappa shape index (κ2) is 6.17. The Kier molecular flexibility index (Phi) is 4.33. The number of benzene rings is 2. The highest BCUT2D eigenvalue weighted by Gasteiger charge is 2.08. The van der Waals surface area contributed by atoms with Crippen molar-refractivity contribution in [3.8, 4) is 0 Å². The summed E-state index contributed by atoms with van der Waals surface area (Å²) in [4.78, 5) is 22.8. The van der Waals surface area contributed by atoms with Gasteiger partial charge in [0, 0.05) is 11.3 Å². The van der Waals surface area contributed by atoms with Gasteiger partial charge in [-0.15, -0.1) is 0 Å². The fraction of sp³-hybridized carbons (Fsp3) is 0.125. The molecule has 108 valence electrons. The van der Waals surface area contributed by atoms with Gasteiger partial charge in [0.2, 0.25) is 5.91 Å². The Hall–Kier alpha value is -2.69. The monoisotopic (exact) mass is 286 g/mol. The SMILES string of the molecule is Cc1cc(C(=O)Nc2ccc(CC(N)=O)cc2)ccc1F. The molecule has 0 fully saturated rings. The summed E-state index contributed by atoms with van der Waals surface area (Å²) in [5.74, 6) is -1.07. The third-order valence-electron chi connectivity index (χ3n) is 3.01. The van der Waals surface area contributed by atoms with Crippen molar-refractivity contribution >= 4 is 17.5 Å². The van der Waals surface area contributed by atoms with Crippen molar-refractivity contribution in [2.24, 2.45) is 5.73 Å². The topological polar surface area (TPSA) is 72.2 Å². The van der Waals surface area contributed by atoms with Crippen LogP contribution in [0.25, 0.3) is 0 Å². The van der Waals surface area contributed by atoms with E-state index in [4.69, 9.17) is 5.73 Å². The van der Waals surface area contributed by atoms with Crippen LogP contribution < -0.4 is 11.1 Å². The number of hydrogen-bond acceptors (Lipinski definition) is 2. The molecule has 2 rings (SSSR count). The van der Waals surface area contributed by atoms with Crippen molar-refractivity contribution in [1.82, 2.24) is 0 Å². The quantitative estimate of drug-likeness (QED) is 0.906. The molecule has 0 atom stereocenters. The van der Waals surface area contributed by atoms with Gasteiger partial charge in [-0.2, -0.15) is 0 Å². The Morgan fingerprint density at radius 2 is 1.81 bits per heavy atom. The molecule has 2 aromatic carbocycles. The molecule has 3 N–H and O–H groups in total. The summed E-state index contributed by atoms with van der Waals surface area (Å²) in [6, 6.07) is 11.0. The van der Waals surface area contributed by atoms with Crippen LogP contribution in [0.2, 0.25) is 0 Å². The van der Waals surface area contributed by atoms with Crippen molar-refractivity contribution in [2.75, 3.05) is 5.32 Å². The van der Waals surface area contributed by atoms with Crippen LogP contribution in [0.5, 0.6) is 0 Å². The molecule has 0 aliphatic rings. The summed E-state index contributed by atoms with van der Waals surface area (Å²) in [5, 5.41) is 2.71. The largest absolute Gasteiger partial charge is 0.369 e. The molecule has 0 bridgehead atoms. The van der Waals surface area contributed by atoms with Crippen molar-refractivity contribution < 1.29 is 14.0 Å². The number of amides is 2. The smallest absolute Gasteiger partial charge is 0.255 e. The zero-order valence-electron chi connectivity index (χ0n) is 11.5. The number of nitrogens with one attached hydrogen (secondary N) is 1. The van der Waals surface area contributed by atoms with Gasteiger partial charge >= 0.3 is 0 Å². The first-order chi connectivity index (χ1) is 9.95. The molecular formula is C16H15FN2O2. The molecule has 2 amide bonds. The average molecular weight is 286 g/mol. The van der Waals surface area contributed by atoms with Crippen molar-refractivity contribution in [2.45, 2.75) is 13.3 Å². The van der Waals surface area contributed by atoms with Gasteiger partial charge in [-0.25, -0.2) is 4.39 Å². The van der Waals surface area contributed by atoms with Gasteiger partial charge in [-0.3, -0.25) is 9.59 Å². The first-order valence-electron chi connectivity index (χ1n) is 6.40. The normalized spacial score (nSPS) is 10.2. The van der Waals surface area contributed by atoms with Crippen LogP contribution in [0.3, 0.4) is 0 Å². The standard InChI is InChI=1S/C16H15FN2O2/c1-10-8-12(4-7-14(10)17)16(21)19-13-5-2-11(3-6-13)9-15(18)20/h2-8H,9H2,1H3,(H2,18,20)(H,19,21). The van der Waals surface area contributed by atoms with E-state index in [0.29, 0.717) is 16.8 Å². The lowest BCUT2D eigenvalue weighted by Gasteiger charge is -2.07. The minimum atomic E-state index is -0.409. The number of aryl methyl sites for hydroxylation is 1. The Morgan fingerprint density at radius 3 is 2.38 bits per heavy atom. The van der Waals surface area contributed by atoms with Crippen LogP contribution in [0, 0.1) is 12.7 Å². The molecule has 0 aliphatic heterocycles. The van der Waals surface area contributed by atoms with Gasteiger partial charge in [0.25, 0.3) is 5.91 Å². The summed E-state index contributed by atoms with van der Waals surface area (Å²) in [5.41, 5.74) is 7.28. The fourth-order valence-corrected chi connectivity index (χ4v) is 1.90. The minimum Gasteiger partial charge on any atom is -0.369 e.